The second-order valence-corrected chi connectivity index (χ2v) is 7.20. The molecule has 0 radical (unpaired) electrons. The molecule has 2 aliphatic heterocycles. The van der Waals surface area contributed by atoms with Crippen molar-refractivity contribution in [3.05, 3.63) is 40.9 Å². The molecule has 2 saturated heterocycles. The van der Waals surface area contributed by atoms with Gasteiger partial charge in [-0.15, -0.1) is 5.10 Å². The van der Waals surface area contributed by atoms with Gasteiger partial charge in [-0.05, 0) is 36.2 Å². The van der Waals surface area contributed by atoms with Gasteiger partial charge in [-0.1, -0.05) is 10.6 Å². The molecule has 0 aliphatic carbocycles. The summed E-state index contributed by atoms with van der Waals surface area (Å²) in [6.07, 6.45) is 1.21. The molecule has 1 spiro atoms. The monoisotopic (exact) mass is 353 g/mol. The van der Waals surface area contributed by atoms with Gasteiger partial charge in [0.2, 0.25) is 5.91 Å². The molecule has 1 unspecified atom stereocenters. The van der Waals surface area contributed by atoms with Gasteiger partial charge in [-0.2, -0.15) is 5.26 Å². The summed E-state index contributed by atoms with van der Waals surface area (Å²) >= 11 is 1.15. The van der Waals surface area contributed by atoms with E-state index in [-0.39, 0.29) is 17.2 Å². The highest BCUT2D eigenvalue weighted by molar-refractivity contribution is 7.03. The van der Waals surface area contributed by atoms with Gasteiger partial charge < -0.3 is 9.80 Å². The molecule has 4 rings (SSSR count). The number of benzene rings is 1. The molecule has 0 N–H and O–H groups in total. The highest BCUT2D eigenvalue weighted by atomic mass is 32.1. The maximum atomic E-state index is 12.6. The molecule has 2 fully saturated rings. The Kier molecular flexibility index (Phi) is 3.73. The number of nitriles is 1. The van der Waals surface area contributed by atoms with Crippen molar-refractivity contribution in [3.8, 4) is 6.07 Å². The van der Waals surface area contributed by atoms with Crippen molar-refractivity contribution >= 4 is 29.0 Å². The zero-order valence-corrected chi connectivity index (χ0v) is 14.2. The fraction of sp³-hybridized carbons (Fsp3) is 0.353. The van der Waals surface area contributed by atoms with E-state index >= 15 is 0 Å². The van der Waals surface area contributed by atoms with Crippen LogP contribution in [0.2, 0.25) is 0 Å². The van der Waals surface area contributed by atoms with Crippen LogP contribution in [0.1, 0.15) is 28.9 Å². The van der Waals surface area contributed by atoms with Crippen molar-refractivity contribution in [2.45, 2.75) is 12.8 Å². The Bertz CT molecular complexity index is 875. The lowest BCUT2D eigenvalue weighted by Crippen LogP contribution is -2.34. The lowest BCUT2D eigenvalue weighted by Gasteiger charge is -2.24. The summed E-state index contributed by atoms with van der Waals surface area (Å²) in [7, 11) is 0. The average Bonchev–Trinajstić information content (AvgIpc) is 3.36. The zero-order chi connectivity index (χ0) is 17.4. The topological polar surface area (TPSA) is 90.2 Å². The Morgan fingerprint density at radius 3 is 3.00 bits per heavy atom. The van der Waals surface area contributed by atoms with Crippen molar-refractivity contribution in [1.82, 2.24) is 14.5 Å². The maximum absolute atomic E-state index is 12.6. The standard InChI is InChI=1S/C17H15N5O2S/c18-8-12-2-1-3-13(6-12)22-11-17(7-15(22)23)4-5-21(10-17)16(24)14-9-25-20-19-14/h1-3,6,9H,4-5,7,10-11H2. The molecule has 8 heteroatoms. The number of likely N-dealkylation sites (tertiary alicyclic amines) is 1. The fourth-order valence-electron chi connectivity index (χ4n) is 3.68. The highest BCUT2D eigenvalue weighted by Crippen LogP contribution is 2.42. The van der Waals surface area contributed by atoms with Crippen LogP contribution in [0.4, 0.5) is 5.69 Å². The second kappa shape index (κ2) is 5.93. The van der Waals surface area contributed by atoms with E-state index in [0.29, 0.717) is 37.3 Å². The summed E-state index contributed by atoms with van der Waals surface area (Å²) in [5, 5.41) is 14.5. The number of anilines is 1. The molecule has 1 atom stereocenters. The van der Waals surface area contributed by atoms with Gasteiger partial charge >= 0.3 is 0 Å². The van der Waals surface area contributed by atoms with Gasteiger partial charge in [0.25, 0.3) is 5.91 Å². The van der Waals surface area contributed by atoms with Gasteiger partial charge in [-0.3, -0.25) is 9.59 Å². The molecule has 3 heterocycles. The van der Waals surface area contributed by atoms with Gasteiger partial charge in [0.05, 0.1) is 11.6 Å². The minimum atomic E-state index is -0.223. The molecule has 126 valence electrons. The van der Waals surface area contributed by atoms with Gasteiger partial charge in [0, 0.05) is 42.5 Å². The van der Waals surface area contributed by atoms with Crippen molar-refractivity contribution in [2.24, 2.45) is 5.41 Å². The van der Waals surface area contributed by atoms with Crippen molar-refractivity contribution in [3.63, 3.8) is 0 Å². The minimum absolute atomic E-state index is 0.0414. The summed E-state index contributed by atoms with van der Waals surface area (Å²) in [5.41, 5.74) is 1.42. The molecular formula is C17H15N5O2S. The zero-order valence-electron chi connectivity index (χ0n) is 13.4. The molecule has 25 heavy (non-hydrogen) atoms. The van der Waals surface area contributed by atoms with E-state index in [1.54, 1.807) is 33.4 Å². The van der Waals surface area contributed by atoms with Gasteiger partial charge in [0.15, 0.2) is 5.69 Å². The van der Waals surface area contributed by atoms with Gasteiger partial charge in [0.1, 0.15) is 0 Å². The summed E-state index contributed by atoms with van der Waals surface area (Å²) in [6.45, 7) is 1.74. The molecule has 1 aromatic heterocycles. The van der Waals surface area contributed by atoms with Crippen LogP contribution < -0.4 is 4.90 Å². The quantitative estimate of drug-likeness (QED) is 0.819. The molecule has 2 aromatic rings. The molecule has 7 nitrogen and oxygen atoms in total. The molecular weight excluding hydrogens is 338 g/mol. The van der Waals surface area contributed by atoms with E-state index in [1.165, 1.54) is 0 Å². The third-order valence-corrected chi connectivity index (χ3v) is 5.42. The lowest BCUT2D eigenvalue weighted by molar-refractivity contribution is -0.117. The van der Waals surface area contributed by atoms with Crippen LogP contribution in [-0.2, 0) is 4.79 Å². The summed E-state index contributed by atoms with van der Waals surface area (Å²) in [4.78, 5) is 28.5. The second-order valence-electron chi connectivity index (χ2n) is 6.59. The first-order valence-corrected chi connectivity index (χ1v) is 8.81. The lowest BCUT2D eigenvalue weighted by atomic mass is 9.86. The van der Waals surface area contributed by atoms with Crippen LogP contribution in [0, 0.1) is 16.7 Å². The fourth-order valence-corrected chi connectivity index (χ4v) is 4.11. The van der Waals surface area contributed by atoms with E-state index in [9.17, 15) is 9.59 Å². The van der Waals surface area contributed by atoms with Crippen LogP contribution in [0.3, 0.4) is 0 Å². The van der Waals surface area contributed by atoms with Crippen LogP contribution in [-0.4, -0.2) is 45.9 Å². The van der Waals surface area contributed by atoms with Crippen molar-refractivity contribution < 1.29 is 9.59 Å². The number of carbonyl (C=O) groups is 2. The maximum Gasteiger partial charge on any atom is 0.275 e. The minimum Gasteiger partial charge on any atom is -0.337 e. The van der Waals surface area contributed by atoms with Crippen molar-refractivity contribution in [2.75, 3.05) is 24.5 Å². The normalized spacial score (nSPS) is 22.6. The van der Waals surface area contributed by atoms with Crippen LogP contribution in [0.15, 0.2) is 29.6 Å². The Labute approximate surface area is 148 Å². The Morgan fingerprint density at radius 1 is 1.36 bits per heavy atom. The third-order valence-electron chi connectivity index (χ3n) is 4.91. The first kappa shape index (κ1) is 15.7. The number of nitrogens with zero attached hydrogens (tertiary/aromatic N) is 5. The molecule has 2 aliphatic rings. The molecule has 0 bridgehead atoms. The van der Waals surface area contributed by atoms with E-state index in [1.807, 2.05) is 6.07 Å². The predicted molar refractivity (Wildman–Crippen MR) is 91.0 cm³/mol. The van der Waals surface area contributed by atoms with E-state index < -0.39 is 0 Å². The van der Waals surface area contributed by atoms with E-state index in [2.05, 4.69) is 15.7 Å². The number of rotatable bonds is 2. The summed E-state index contributed by atoms with van der Waals surface area (Å²) in [6, 6.07) is 9.18. The largest absolute Gasteiger partial charge is 0.337 e. The number of hydrogen-bond acceptors (Lipinski definition) is 6. The molecule has 0 saturated carbocycles. The number of aromatic nitrogens is 2. The smallest absolute Gasteiger partial charge is 0.275 e. The Morgan fingerprint density at radius 2 is 2.24 bits per heavy atom. The highest BCUT2D eigenvalue weighted by Gasteiger charge is 2.49. The molecule has 2 amide bonds. The van der Waals surface area contributed by atoms with Crippen molar-refractivity contribution in [1.29, 1.82) is 5.26 Å². The number of amides is 2. The number of carbonyl (C=O) groups excluding carboxylic acids is 2. The number of hydrogen-bond donors (Lipinski definition) is 0. The van der Waals surface area contributed by atoms with E-state index in [0.717, 1.165) is 23.6 Å². The first-order valence-electron chi connectivity index (χ1n) is 7.97. The average molecular weight is 353 g/mol. The Balaban J connectivity index is 1.52. The van der Waals surface area contributed by atoms with Crippen LogP contribution in [0.5, 0.6) is 0 Å². The van der Waals surface area contributed by atoms with Gasteiger partial charge in [-0.25, -0.2) is 0 Å². The summed E-state index contributed by atoms with van der Waals surface area (Å²) < 4.78 is 3.74. The predicted octanol–water partition coefficient (Wildman–Crippen LogP) is 1.68. The third kappa shape index (κ3) is 2.76. The Hall–Kier alpha value is -2.79. The molecule has 1 aromatic carbocycles. The summed E-state index contributed by atoms with van der Waals surface area (Å²) in [5.74, 6) is -0.0808. The van der Waals surface area contributed by atoms with E-state index in [4.69, 9.17) is 5.26 Å². The van der Waals surface area contributed by atoms with Crippen LogP contribution >= 0.6 is 11.5 Å². The first-order chi connectivity index (χ1) is 12.1. The van der Waals surface area contributed by atoms with Crippen LogP contribution in [0.25, 0.3) is 0 Å². The SMILES string of the molecule is N#Cc1cccc(N2CC3(CCN(C(=O)c4csnn4)C3)CC2=O)c1.